The highest BCUT2D eigenvalue weighted by Gasteiger charge is 2.28. The first-order valence-corrected chi connectivity index (χ1v) is 12.6. The molecule has 0 aromatic rings. The molecule has 128 valence electrons. The Kier molecular flexibility index (Phi) is 12.0. The van der Waals surface area contributed by atoms with E-state index >= 15 is 0 Å². The summed E-state index contributed by atoms with van der Waals surface area (Å²) >= 11 is 51.4. The van der Waals surface area contributed by atoms with Gasteiger partial charge in [0.15, 0.2) is 7.59 Å². The van der Waals surface area contributed by atoms with E-state index in [2.05, 4.69) is 0 Å². The summed E-state index contributed by atoms with van der Waals surface area (Å²) in [6.07, 6.45) is 0.178. The molecule has 0 rings (SSSR count). The molecular formula is C8H11Cl8O2PS2. The van der Waals surface area contributed by atoms with Crippen LogP contribution in [0.15, 0.2) is 0 Å². The van der Waals surface area contributed by atoms with Crippen LogP contribution in [0, 0.1) is 0 Å². The Bertz CT molecular complexity index is 331. The van der Waals surface area contributed by atoms with Gasteiger partial charge in [0.05, 0.1) is 12.0 Å². The van der Waals surface area contributed by atoms with Crippen LogP contribution >= 0.6 is 110 Å². The summed E-state index contributed by atoms with van der Waals surface area (Å²) in [5, 5.41) is -1.07. The molecule has 1 N–H and O–H groups in total. The van der Waals surface area contributed by atoms with Crippen molar-refractivity contribution in [2.24, 2.45) is 0 Å². The number of halogens is 8. The zero-order valence-corrected chi connectivity index (χ0v) is 18.7. The monoisotopic (exact) mass is 514 g/mol. The third-order valence-corrected chi connectivity index (χ3v) is 7.80. The van der Waals surface area contributed by atoms with Gasteiger partial charge >= 0.3 is 0 Å². The van der Waals surface area contributed by atoms with E-state index in [1.165, 1.54) is 0 Å². The Labute approximate surface area is 173 Å². The van der Waals surface area contributed by atoms with Gasteiger partial charge < -0.3 is 9.42 Å². The van der Waals surface area contributed by atoms with E-state index in [1.807, 2.05) is 0 Å². The van der Waals surface area contributed by atoms with Gasteiger partial charge in [0.2, 0.25) is 5.69 Å². The van der Waals surface area contributed by atoms with Crippen molar-refractivity contribution in [1.29, 1.82) is 0 Å². The van der Waals surface area contributed by atoms with Crippen molar-refractivity contribution < 1.29 is 9.42 Å². The molecule has 13 heteroatoms. The van der Waals surface area contributed by atoms with Gasteiger partial charge in [-0.3, -0.25) is 0 Å². The topological polar surface area (TPSA) is 29.5 Å². The highest BCUT2D eigenvalue weighted by Crippen LogP contribution is 2.57. The lowest BCUT2D eigenvalue weighted by Crippen LogP contribution is -2.17. The van der Waals surface area contributed by atoms with Crippen LogP contribution in [-0.2, 0) is 16.3 Å². The van der Waals surface area contributed by atoms with Gasteiger partial charge in [-0.25, -0.2) is 0 Å². The first kappa shape index (κ1) is 24.2. The van der Waals surface area contributed by atoms with Crippen molar-refractivity contribution in [3.05, 3.63) is 0 Å². The highest BCUT2D eigenvalue weighted by atomic mass is 35.6. The molecule has 0 saturated carbocycles. The Morgan fingerprint density at radius 3 is 1.86 bits per heavy atom. The molecule has 0 aliphatic rings. The van der Waals surface area contributed by atoms with Crippen LogP contribution in [-0.4, -0.2) is 35.6 Å². The van der Waals surface area contributed by atoms with E-state index in [0.717, 1.165) is 11.4 Å². The van der Waals surface area contributed by atoms with Crippen LogP contribution in [0.1, 0.15) is 12.8 Å². The van der Waals surface area contributed by atoms with Crippen LogP contribution in [0.3, 0.4) is 0 Å². The minimum absolute atomic E-state index is 0.0480. The fourth-order valence-corrected chi connectivity index (χ4v) is 6.82. The zero-order valence-electron chi connectivity index (χ0n) is 10.1. The summed E-state index contributed by atoms with van der Waals surface area (Å²) in [5.74, 6) is 0.265. The van der Waals surface area contributed by atoms with Gasteiger partial charge in [-0.2, -0.15) is 0 Å². The van der Waals surface area contributed by atoms with Gasteiger partial charge in [-0.15, -0.1) is 23.2 Å². The Morgan fingerprint density at radius 1 is 1.00 bits per heavy atom. The second-order valence-electron chi connectivity index (χ2n) is 3.89. The van der Waals surface area contributed by atoms with Crippen LogP contribution in [0.4, 0.5) is 0 Å². The van der Waals surface area contributed by atoms with Crippen LogP contribution in [0.5, 0.6) is 0 Å². The maximum absolute atomic E-state index is 9.96. The van der Waals surface area contributed by atoms with Crippen molar-refractivity contribution in [3.8, 4) is 0 Å². The maximum Gasteiger partial charge on any atom is 0.244 e. The molecule has 21 heavy (non-hydrogen) atoms. The predicted molar refractivity (Wildman–Crippen MR) is 104 cm³/mol. The summed E-state index contributed by atoms with van der Waals surface area (Å²) in [6.45, 7) is -0.0480. The van der Waals surface area contributed by atoms with Crippen LogP contribution in [0.25, 0.3) is 0 Å². The van der Waals surface area contributed by atoms with Gasteiger partial charge in [0.1, 0.15) is 0 Å². The molecule has 0 aromatic heterocycles. The Hall–Kier alpha value is 3.24. The summed E-state index contributed by atoms with van der Waals surface area (Å²) in [6, 6.07) is 0. The standard InChI is InChI=1S/C8H11Cl8O2PS2/c9-5(1-7(11,12)13)3-18-19(17,20)21-4-6(10)2-8(14,15)16/h5-6H,1-4H2,(H,17,20). The normalized spacial score (nSPS) is 19.1. The van der Waals surface area contributed by atoms with E-state index in [-0.39, 0.29) is 25.2 Å². The molecule has 2 nitrogen and oxygen atoms in total. The average Bonchev–Trinajstić information content (AvgIpc) is 2.19. The summed E-state index contributed by atoms with van der Waals surface area (Å²) in [4.78, 5) is 9.96. The molecule has 3 atom stereocenters. The largest absolute Gasteiger partial charge is 0.337 e. The lowest BCUT2D eigenvalue weighted by Gasteiger charge is -2.21. The average molecular weight is 518 g/mol. The predicted octanol–water partition coefficient (Wildman–Crippen LogP) is 6.69. The molecule has 0 aliphatic heterocycles. The summed E-state index contributed by atoms with van der Waals surface area (Å²) < 4.78 is 2.24. The number of hydrogen-bond donors (Lipinski definition) is 1. The first-order chi connectivity index (χ1) is 9.20. The quantitative estimate of drug-likeness (QED) is 0.287. The summed E-state index contributed by atoms with van der Waals surface area (Å²) in [5.41, 5.74) is -3.11. The van der Waals surface area contributed by atoms with Crippen molar-refractivity contribution in [2.45, 2.75) is 31.2 Å². The SMILES string of the molecule is OP(=S)(OCC(Cl)CC(Cl)(Cl)Cl)SCC(Cl)CC(Cl)(Cl)Cl. The molecule has 0 aromatic carbocycles. The second kappa shape index (κ2) is 10.4. The first-order valence-electron chi connectivity index (χ1n) is 5.24. The molecule has 0 bridgehead atoms. The summed E-state index contributed by atoms with van der Waals surface area (Å²) in [7, 11) is 0. The van der Waals surface area contributed by atoms with Crippen molar-refractivity contribution in [2.75, 3.05) is 12.4 Å². The maximum atomic E-state index is 9.96. The highest BCUT2D eigenvalue weighted by molar-refractivity contribution is 8.67. The van der Waals surface area contributed by atoms with Crippen LogP contribution < -0.4 is 0 Å². The smallest absolute Gasteiger partial charge is 0.244 e. The van der Waals surface area contributed by atoms with Gasteiger partial charge in [0.25, 0.3) is 0 Å². The molecular weight excluding hydrogens is 507 g/mol. The molecule has 3 unspecified atom stereocenters. The van der Waals surface area contributed by atoms with Gasteiger partial charge in [-0.05, 0) is 11.8 Å². The van der Waals surface area contributed by atoms with E-state index in [4.69, 9.17) is 109 Å². The van der Waals surface area contributed by atoms with E-state index in [1.54, 1.807) is 0 Å². The Balaban J connectivity index is 4.12. The molecule has 0 spiro atoms. The number of hydrogen-bond acceptors (Lipinski definition) is 3. The minimum atomic E-state index is -3.11. The third-order valence-electron chi connectivity index (χ3n) is 1.74. The number of alkyl halides is 8. The van der Waals surface area contributed by atoms with Gasteiger partial charge in [-0.1, -0.05) is 81.0 Å². The van der Waals surface area contributed by atoms with E-state index in [9.17, 15) is 4.89 Å². The molecule has 0 aliphatic carbocycles. The fraction of sp³-hybridized carbons (Fsp3) is 1.00. The number of rotatable bonds is 8. The lowest BCUT2D eigenvalue weighted by atomic mass is 10.3. The minimum Gasteiger partial charge on any atom is -0.337 e. The van der Waals surface area contributed by atoms with Crippen molar-refractivity contribution in [3.63, 3.8) is 0 Å². The molecule has 0 radical (unpaired) electrons. The lowest BCUT2D eigenvalue weighted by molar-refractivity contribution is 0.313. The zero-order chi connectivity index (χ0) is 16.9. The second-order valence-corrected chi connectivity index (χ2v) is 16.4. The third kappa shape index (κ3) is 16.5. The van der Waals surface area contributed by atoms with Crippen LogP contribution in [0.2, 0.25) is 0 Å². The van der Waals surface area contributed by atoms with Crippen molar-refractivity contribution in [1.82, 2.24) is 0 Å². The fourth-order valence-electron chi connectivity index (χ4n) is 1.01. The Morgan fingerprint density at radius 2 is 1.43 bits per heavy atom. The molecule has 0 fully saturated rings. The molecule has 0 saturated heterocycles. The van der Waals surface area contributed by atoms with E-state index < -0.39 is 24.0 Å². The molecule has 0 heterocycles. The molecule has 0 amide bonds. The van der Waals surface area contributed by atoms with E-state index in [0.29, 0.717) is 0 Å². The van der Waals surface area contributed by atoms with Crippen molar-refractivity contribution >= 4 is 122 Å². The van der Waals surface area contributed by atoms with Gasteiger partial charge in [0, 0.05) is 24.0 Å².